The summed E-state index contributed by atoms with van der Waals surface area (Å²) in [6.07, 6.45) is 2.64. The van der Waals surface area contributed by atoms with E-state index in [2.05, 4.69) is 34.4 Å². The molecule has 1 aromatic heterocycles. The van der Waals surface area contributed by atoms with Crippen molar-refractivity contribution in [3.05, 3.63) is 29.6 Å². The first-order valence-electron chi connectivity index (χ1n) is 6.56. The highest BCUT2D eigenvalue weighted by atomic mass is 15.1. The third kappa shape index (κ3) is 4.10. The number of aryl methyl sites for hydroxylation is 1. The zero-order chi connectivity index (χ0) is 12.1. The third-order valence-corrected chi connectivity index (χ3v) is 3.46. The van der Waals surface area contributed by atoms with Crippen molar-refractivity contribution >= 4 is 0 Å². The van der Waals surface area contributed by atoms with Crippen molar-refractivity contribution in [1.82, 2.24) is 15.2 Å². The van der Waals surface area contributed by atoms with Gasteiger partial charge in [-0.05, 0) is 64.5 Å². The van der Waals surface area contributed by atoms with E-state index in [4.69, 9.17) is 0 Å². The van der Waals surface area contributed by atoms with Crippen LogP contribution in [0.2, 0.25) is 0 Å². The van der Waals surface area contributed by atoms with Crippen LogP contribution >= 0.6 is 0 Å². The summed E-state index contributed by atoms with van der Waals surface area (Å²) in [6.45, 7) is 6.59. The van der Waals surface area contributed by atoms with Crippen LogP contribution in [-0.4, -0.2) is 36.6 Å². The molecule has 2 rings (SSSR count). The molecule has 1 saturated heterocycles. The summed E-state index contributed by atoms with van der Waals surface area (Å²) in [7, 11) is 2.19. The minimum Gasteiger partial charge on any atom is -0.316 e. The normalized spacial score (nSPS) is 20.1. The predicted molar refractivity (Wildman–Crippen MR) is 70.9 cm³/mol. The Kier molecular flexibility index (Phi) is 4.51. The molecule has 1 aromatic rings. The van der Waals surface area contributed by atoms with E-state index in [0.717, 1.165) is 18.2 Å². The summed E-state index contributed by atoms with van der Waals surface area (Å²) in [4.78, 5) is 6.91. The van der Waals surface area contributed by atoms with Crippen molar-refractivity contribution in [3.63, 3.8) is 0 Å². The van der Waals surface area contributed by atoms with Crippen LogP contribution in [0.15, 0.2) is 18.2 Å². The molecule has 1 aliphatic rings. The van der Waals surface area contributed by atoms with Crippen LogP contribution in [0.5, 0.6) is 0 Å². The van der Waals surface area contributed by atoms with Gasteiger partial charge in [-0.2, -0.15) is 0 Å². The van der Waals surface area contributed by atoms with Gasteiger partial charge in [0.2, 0.25) is 0 Å². The minimum atomic E-state index is 0.878. The van der Waals surface area contributed by atoms with Crippen molar-refractivity contribution in [3.8, 4) is 0 Å². The van der Waals surface area contributed by atoms with Crippen LogP contribution in [0.1, 0.15) is 24.2 Å². The molecule has 0 spiro atoms. The SMILES string of the molecule is Cc1cccc(CN(C)CCC2CCNC2)n1. The van der Waals surface area contributed by atoms with Gasteiger partial charge in [0.15, 0.2) is 0 Å². The summed E-state index contributed by atoms with van der Waals surface area (Å²) in [5.74, 6) is 0.878. The zero-order valence-electron chi connectivity index (χ0n) is 10.9. The maximum atomic E-state index is 4.54. The lowest BCUT2D eigenvalue weighted by molar-refractivity contribution is 0.295. The lowest BCUT2D eigenvalue weighted by atomic mass is 10.1. The number of aromatic nitrogens is 1. The van der Waals surface area contributed by atoms with Gasteiger partial charge in [0, 0.05) is 12.2 Å². The third-order valence-electron chi connectivity index (χ3n) is 3.46. The van der Waals surface area contributed by atoms with Crippen LogP contribution in [0.4, 0.5) is 0 Å². The van der Waals surface area contributed by atoms with Gasteiger partial charge in [-0.15, -0.1) is 0 Å². The van der Waals surface area contributed by atoms with E-state index in [1.807, 2.05) is 13.0 Å². The first kappa shape index (κ1) is 12.5. The fourth-order valence-electron chi connectivity index (χ4n) is 2.41. The van der Waals surface area contributed by atoms with Gasteiger partial charge in [0.1, 0.15) is 0 Å². The molecule has 3 nitrogen and oxygen atoms in total. The molecule has 0 radical (unpaired) electrons. The molecule has 1 aliphatic heterocycles. The molecule has 1 unspecified atom stereocenters. The summed E-state index contributed by atoms with van der Waals surface area (Å²) in [6, 6.07) is 6.25. The highest BCUT2D eigenvalue weighted by molar-refractivity contribution is 5.09. The molecule has 0 amide bonds. The molecule has 0 aromatic carbocycles. The van der Waals surface area contributed by atoms with Gasteiger partial charge in [-0.25, -0.2) is 0 Å². The highest BCUT2D eigenvalue weighted by Gasteiger charge is 2.14. The molecule has 1 atom stereocenters. The van der Waals surface area contributed by atoms with Crippen molar-refractivity contribution in [2.45, 2.75) is 26.3 Å². The van der Waals surface area contributed by atoms with Gasteiger partial charge in [-0.3, -0.25) is 4.98 Å². The fourth-order valence-corrected chi connectivity index (χ4v) is 2.41. The van der Waals surface area contributed by atoms with E-state index in [1.165, 1.54) is 38.2 Å². The van der Waals surface area contributed by atoms with Gasteiger partial charge in [-0.1, -0.05) is 6.07 Å². The predicted octanol–water partition coefficient (Wildman–Crippen LogP) is 1.82. The van der Waals surface area contributed by atoms with Crippen LogP contribution < -0.4 is 5.32 Å². The van der Waals surface area contributed by atoms with Crippen molar-refractivity contribution in [2.24, 2.45) is 5.92 Å². The molecule has 1 fully saturated rings. The number of hydrogen-bond acceptors (Lipinski definition) is 3. The Hall–Kier alpha value is -0.930. The number of nitrogens with zero attached hydrogens (tertiary/aromatic N) is 2. The van der Waals surface area contributed by atoms with Crippen LogP contribution in [-0.2, 0) is 6.54 Å². The minimum absolute atomic E-state index is 0.878. The van der Waals surface area contributed by atoms with Crippen LogP contribution in [0.25, 0.3) is 0 Å². The van der Waals surface area contributed by atoms with Gasteiger partial charge in [0.25, 0.3) is 0 Å². The first-order valence-corrected chi connectivity index (χ1v) is 6.56. The highest BCUT2D eigenvalue weighted by Crippen LogP contribution is 2.13. The van der Waals surface area contributed by atoms with Crippen LogP contribution in [0.3, 0.4) is 0 Å². The number of hydrogen-bond donors (Lipinski definition) is 1. The molecule has 2 heterocycles. The van der Waals surface area contributed by atoms with E-state index < -0.39 is 0 Å². The molecule has 17 heavy (non-hydrogen) atoms. The average Bonchev–Trinajstić information content (AvgIpc) is 2.79. The Balaban J connectivity index is 1.74. The quantitative estimate of drug-likeness (QED) is 0.841. The maximum Gasteiger partial charge on any atom is 0.0547 e. The second kappa shape index (κ2) is 6.12. The molecule has 94 valence electrons. The van der Waals surface area contributed by atoms with Gasteiger partial charge in [0.05, 0.1) is 5.69 Å². The topological polar surface area (TPSA) is 28.2 Å². The van der Waals surface area contributed by atoms with E-state index >= 15 is 0 Å². The van der Waals surface area contributed by atoms with Crippen molar-refractivity contribution in [1.29, 1.82) is 0 Å². The average molecular weight is 233 g/mol. The molecule has 0 aliphatic carbocycles. The second-order valence-corrected chi connectivity index (χ2v) is 5.16. The molecule has 1 N–H and O–H groups in total. The molecule has 0 saturated carbocycles. The van der Waals surface area contributed by atoms with Crippen molar-refractivity contribution < 1.29 is 0 Å². The monoisotopic (exact) mass is 233 g/mol. The standard InChI is InChI=1S/C14H23N3/c1-12-4-3-5-14(16-12)11-17(2)9-7-13-6-8-15-10-13/h3-5,13,15H,6-11H2,1-2H3. The second-order valence-electron chi connectivity index (χ2n) is 5.16. The van der Waals surface area contributed by atoms with E-state index in [1.54, 1.807) is 0 Å². The lowest BCUT2D eigenvalue weighted by Gasteiger charge is -2.18. The Morgan fingerprint density at radius 3 is 3.06 bits per heavy atom. The maximum absolute atomic E-state index is 4.54. The number of pyridine rings is 1. The Labute approximate surface area is 104 Å². The number of nitrogens with one attached hydrogen (secondary N) is 1. The number of rotatable bonds is 5. The van der Waals surface area contributed by atoms with Crippen LogP contribution in [0, 0.1) is 12.8 Å². The van der Waals surface area contributed by atoms with Crippen molar-refractivity contribution in [2.75, 3.05) is 26.7 Å². The van der Waals surface area contributed by atoms with Gasteiger partial charge >= 0.3 is 0 Å². The smallest absolute Gasteiger partial charge is 0.0547 e. The Morgan fingerprint density at radius 2 is 2.35 bits per heavy atom. The van der Waals surface area contributed by atoms with E-state index in [9.17, 15) is 0 Å². The summed E-state index contributed by atoms with van der Waals surface area (Å²) in [5.41, 5.74) is 2.29. The van der Waals surface area contributed by atoms with E-state index in [0.29, 0.717) is 0 Å². The largest absolute Gasteiger partial charge is 0.316 e. The zero-order valence-corrected chi connectivity index (χ0v) is 10.9. The van der Waals surface area contributed by atoms with E-state index in [-0.39, 0.29) is 0 Å². The summed E-state index contributed by atoms with van der Waals surface area (Å²) in [5, 5.41) is 3.42. The first-order chi connectivity index (χ1) is 8.24. The lowest BCUT2D eigenvalue weighted by Crippen LogP contribution is -2.22. The molecular weight excluding hydrogens is 210 g/mol. The summed E-state index contributed by atoms with van der Waals surface area (Å²) >= 11 is 0. The molecular formula is C14H23N3. The molecule has 0 bridgehead atoms. The fraction of sp³-hybridized carbons (Fsp3) is 0.643. The molecule has 3 heteroatoms. The Morgan fingerprint density at radius 1 is 1.47 bits per heavy atom. The Bertz CT molecular complexity index is 345. The van der Waals surface area contributed by atoms with Gasteiger partial charge < -0.3 is 10.2 Å². The summed E-state index contributed by atoms with van der Waals surface area (Å²) < 4.78 is 0.